The molecule has 0 atom stereocenters. The lowest BCUT2D eigenvalue weighted by Crippen LogP contribution is -2.10. The number of hydrogen-bond acceptors (Lipinski definition) is 6. The van der Waals surface area contributed by atoms with Gasteiger partial charge in [-0.25, -0.2) is 4.79 Å². The molecule has 0 unspecified atom stereocenters. The summed E-state index contributed by atoms with van der Waals surface area (Å²) in [5.74, 6) is -1.66. The van der Waals surface area contributed by atoms with Gasteiger partial charge in [0.15, 0.2) is 0 Å². The van der Waals surface area contributed by atoms with Gasteiger partial charge in [-0.3, -0.25) is 9.78 Å². The number of aromatic nitrogens is 2. The molecule has 2 aromatic heterocycles. The number of carbonyl (C=O) groups is 2. The molecule has 0 aliphatic rings. The van der Waals surface area contributed by atoms with Gasteiger partial charge in [0.05, 0.1) is 17.5 Å². The first-order valence-electron chi connectivity index (χ1n) is 6.79. The number of phenolic OH excluding ortho intramolecular Hbond substituents is 1. The maximum absolute atomic E-state index is 12.0. The van der Waals surface area contributed by atoms with Crippen LogP contribution in [0.2, 0.25) is 0 Å². The topological polar surface area (TPSA) is 126 Å². The van der Waals surface area contributed by atoms with E-state index < -0.39 is 11.9 Å². The molecule has 0 spiro atoms. The minimum absolute atomic E-state index is 0.0375. The maximum atomic E-state index is 12.0. The van der Waals surface area contributed by atoms with Crippen LogP contribution in [0.25, 0.3) is 11.3 Å². The highest BCUT2D eigenvalue weighted by Crippen LogP contribution is 2.31. The van der Waals surface area contributed by atoms with E-state index in [0.29, 0.717) is 5.69 Å². The second-order valence-corrected chi connectivity index (χ2v) is 4.80. The van der Waals surface area contributed by atoms with E-state index in [1.165, 1.54) is 48.8 Å². The summed E-state index contributed by atoms with van der Waals surface area (Å²) < 4.78 is 4.76. The Morgan fingerprint density at radius 1 is 1.08 bits per heavy atom. The number of nitrogens with zero attached hydrogens (tertiary/aromatic N) is 2. The van der Waals surface area contributed by atoms with Crippen molar-refractivity contribution in [3.05, 3.63) is 60.1 Å². The number of carboxylic acids is 1. The first-order valence-corrected chi connectivity index (χ1v) is 6.79. The summed E-state index contributed by atoms with van der Waals surface area (Å²) >= 11 is 0. The average molecular weight is 325 g/mol. The standard InChI is InChI=1S/C16H11N3O5/c20-13-2-1-10(19-15(21)14-4-6-18-24-14)8-11(13)12-7-9(16(22)23)3-5-17-12/h1-8,20H,(H,19,21)(H,22,23). The smallest absolute Gasteiger partial charge is 0.335 e. The highest BCUT2D eigenvalue weighted by molar-refractivity contribution is 6.02. The number of nitrogens with one attached hydrogen (secondary N) is 1. The molecule has 3 N–H and O–H groups in total. The van der Waals surface area contributed by atoms with Crippen LogP contribution in [0.15, 0.2) is 53.3 Å². The third-order valence-corrected chi connectivity index (χ3v) is 3.20. The van der Waals surface area contributed by atoms with Gasteiger partial charge in [-0.05, 0) is 30.3 Å². The fourth-order valence-corrected chi connectivity index (χ4v) is 2.06. The number of benzene rings is 1. The van der Waals surface area contributed by atoms with Crippen LogP contribution in [0.3, 0.4) is 0 Å². The molecule has 2 heterocycles. The van der Waals surface area contributed by atoms with E-state index in [-0.39, 0.29) is 28.3 Å². The Morgan fingerprint density at radius 3 is 2.62 bits per heavy atom. The van der Waals surface area contributed by atoms with E-state index >= 15 is 0 Å². The molecule has 0 saturated carbocycles. The van der Waals surface area contributed by atoms with E-state index in [1.807, 2.05) is 0 Å². The predicted octanol–water partition coefficient (Wildman–Crippen LogP) is 2.39. The Kier molecular flexibility index (Phi) is 3.94. The van der Waals surface area contributed by atoms with E-state index in [1.54, 1.807) is 0 Å². The minimum atomic E-state index is -1.10. The van der Waals surface area contributed by atoms with Crippen LogP contribution in [0.1, 0.15) is 20.9 Å². The Balaban J connectivity index is 1.93. The van der Waals surface area contributed by atoms with Crippen molar-refractivity contribution in [1.29, 1.82) is 0 Å². The molecule has 0 saturated heterocycles. The van der Waals surface area contributed by atoms with Crippen molar-refractivity contribution in [3.63, 3.8) is 0 Å². The molecule has 3 rings (SSSR count). The number of aromatic carboxylic acids is 1. The van der Waals surface area contributed by atoms with Crippen LogP contribution in [-0.4, -0.2) is 32.2 Å². The first kappa shape index (κ1) is 15.2. The first-order chi connectivity index (χ1) is 11.5. The molecule has 0 radical (unpaired) electrons. The number of rotatable bonds is 4. The summed E-state index contributed by atoms with van der Waals surface area (Å²) in [6.07, 6.45) is 2.68. The summed E-state index contributed by atoms with van der Waals surface area (Å²) in [4.78, 5) is 27.1. The van der Waals surface area contributed by atoms with Gasteiger partial charge in [-0.2, -0.15) is 0 Å². The van der Waals surface area contributed by atoms with Crippen molar-refractivity contribution in [2.75, 3.05) is 5.32 Å². The number of carboxylic acid groups (broad SMARTS) is 1. The van der Waals surface area contributed by atoms with E-state index in [9.17, 15) is 14.7 Å². The molecule has 8 nitrogen and oxygen atoms in total. The van der Waals surface area contributed by atoms with Crippen molar-refractivity contribution in [2.45, 2.75) is 0 Å². The van der Waals surface area contributed by atoms with Gasteiger partial charge in [0.1, 0.15) is 5.75 Å². The van der Waals surface area contributed by atoms with Gasteiger partial charge in [0, 0.05) is 23.5 Å². The van der Waals surface area contributed by atoms with Gasteiger partial charge in [-0.15, -0.1) is 0 Å². The quantitative estimate of drug-likeness (QED) is 0.629. The van der Waals surface area contributed by atoms with E-state index in [4.69, 9.17) is 9.63 Å². The van der Waals surface area contributed by atoms with Gasteiger partial charge in [0.25, 0.3) is 5.91 Å². The van der Waals surface area contributed by atoms with Crippen LogP contribution in [0.4, 0.5) is 5.69 Å². The monoisotopic (exact) mass is 325 g/mol. The second-order valence-electron chi connectivity index (χ2n) is 4.80. The zero-order valence-electron chi connectivity index (χ0n) is 12.1. The number of phenols is 1. The summed E-state index contributed by atoms with van der Waals surface area (Å²) in [6.45, 7) is 0. The summed E-state index contributed by atoms with van der Waals surface area (Å²) in [5.41, 5.74) is 0.971. The molecule has 0 aliphatic carbocycles. The van der Waals surface area contributed by atoms with Gasteiger partial charge in [0.2, 0.25) is 5.76 Å². The lowest BCUT2D eigenvalue weighted by molar-refractivity contribution is 0.0696. The lowest BCUT2D eigenvalue weighted by Gasteiger charge is -2.08. The van der Waals surface area contributed by atoms with Crippen molar-refractivity contribution in [1.82, 2.24) is 10.1 Å². The van der Waals surface area contributed by atoms with E-state index in [2.05, 4.69) is 15.5 Å². The average Bonchev–Trinajstić information content (AvgIpc) is 3.11. The Morgan fingerprint density at radius 2 is 1.92 bits per heavy atom. The predicted molar refractivity (Wildman–Crippen MR) is 82.8 cm³/mol. The number of pyridine rings is 1. The highest BCUT2D eigenvalue weighted by Gasteiger charge is 2.13. The summed E-state index contributed by atoms with van der Waals surface area (Å²) in [7, 11) is 0. The van der Waals surface area contributed by atoms with Crippen molar-refractivity contribution in [2.24, 2.45) is 0 Å². The lowest BCUT2D eigenvalue weighted by atomic mass is 10.1. The van der Waals surface area contributed by atoms with Crippen LogP contribution in [0.5, 0.6) is 5.75 Å². The third-order valence-electron chi connectivity index (χ3n) is 3.20. The van der Waals surface area contributed by atoms with Gasteiger partial charge < -0.3 is 20.1 Å². The van der Waals surface area contributed by atoms with Crippen molar-refractivity contribution < 1.29 is 24.3 Å². The van der Waals surface area contributed by atoms with Crippen LogP contribution >= 0.6 is 0 Å². The molecule has 0 aliphatic heterocycles. The normalized spacial score (nSPS) is 10.3. The zero-order chi connectivity index (χ0) is 17.1. The molecule has 3 aromatic rings. The summed E-state index contributed by atoms with van der Waals surface area (Å²) in [5, 5.41) is 25.1. The number of amides is 1. The Bertz CT molecular complexity index is 906. The zero-order valence-corrected chi connectivity index (χ0v) is 12.1. The van der Waals surface area contributed by atoms with Crippen LogP contribution in [-0.2, 0) is 0 Å². The third kappa shape index (κ3) is 3.07. The number of anilines is 1. The molecular weight excluding hydrogens is 314 g/mol. The fraction of sp³-hybridized carbons (Fsp3) is 0. The SMILES string of the molecule is O=C(O)c1ccnc(-c2cc(NC(=O)c3ccno3)ccc2O)c1. The fourth-order valence-electron chi connectivity index (χ4n) is 2.06. The number of aromatic hydroxyl groups is 1. The molecule has 0 bridgehead atoms. The molecular formula is C16H11N3O5. The molecule has 1 amide bonds. The molecule has 1 aromatic carbocycles. The van der Waals surface area contributed by atoms with Crippen LogP contribution < -0.4 is 5.32 Å². The van der Waals surface area contributed by atoms with Gasteiger partial charge in [-0.1, -0.05) is 5.16 Å². The summed E-state index contributed by atoms with van der Waals surface area (Å²) in [6, 6.07) is 8.44. The number of hydrogen-bond donors (Lipinski definition) is 3. The van der Waals surface area contributed by atoms with Crippen molar-refractivity contribution >= 4 is 17.6 Å². The van der Waals surface area contributed by atoms with Gasteiger partial charge >= 0.3 is 5.97 Å². The molecule has 8 heteroatoms. The van der Waals surface area contributed by atoms with E-state index in [0.717, 1.165) is 0 Å². The van der Waals surface area contributed by atoms with Crippen molar-refractivity contribution in [3.8, 4) is 17.0 Å². The molecule has 120 valence electrons. The second kappa shape index (κ2) is 6.21. The Labute approximate surface area is 135 Å². The molecule has 24 heavy (non-hydrogen) atoms. The van der Waals surface area contributed by atoms with Crippen LogP contribution in [0, 0.1) is 0 Å². The largest absolute Gasteiger partial charge is 0.507 e. The maximum Gasteiger partial charge on any atom is 0.335 e. The Hall–Kier alpha value is -3.68. The minimum Gasteiger partial charge on any atom is -0.507 e. The highest BCUT2D eigenvalue weighted by atomic mass is 16.5. The number of carbonyl (C=O) groups excluding carboxylic acids is 1. The molecule has 0 fully saturated rings.